The molecule has 1 fully saturated rings. The molecule has 0 aliphatic heterocycles. The number of rotatable bonds is 3. The summed E-state index contributed by atoms with van der Waals surface area (Å²) in [4.78, 5) is 2.35. The minimum atomic E-state index is 0.524. The number of anilines is 2. The van der Waals surface area contributed by atoms with Gasteiger partial charge in [0, 0.05) is 12.6 Å². The summed E-state index contributed by atoms with van der Waals surface area (Å²) in [7, 11) is 0. The highest BCUT2D eigenvalue weighted by Gasteiger charge is 2.23. The van der Waals surface area contributed by atoms with Gasteiger partial charge in [-0.25, -0.2) is 0 Å². The first kappa shape index (κ1) is 12.8. The lowest BCUT2D eigenvalue weighted by Gasteiger charge is -2.31. The number of hydrogen-bond donors (Lipinski definition) is 1. The number of halogens is 2. The maximum Gasteiger partial charge on any atom is 0.0618 e. The quantitative estimate of drug-likeness (QED) is 0.830. The zero-order valence-corrected chi connectivity index (χ0v) is 11.6. The van der Waals surface area contributed by atoms with Gasteiger partial charge < -0.3 is 10.6 Å². The van der Waals surface area contributed by atoms with Gasteiger partial charge in [-0.3, -0.25) is 0 Å². The molecule has 0 saturated heterocycles. The van der Waals surface area contributed by atoms with Crippen molar-refractivity contribution < 1.29 is 0 Å². The van der Waals surface area contributed by atoms with Gasteiger partial charge >= 0.3 is 0 Å². The third-order valence-electron chi connectivity index (χ3n) is 3.49. The number of nitrogen functional groups attached to an aromatic ring is 1. The maximum atomic E-state index is 6.08. The minimum Gasteiger partial charge on any atom is -0.397 e. The van der Waals surface area contributed by atoms with E-state index in [0.29, 0.717) is 21.8 Å². The van der Waals surface area contributed by atoms with E-state index in [-0.39, 0.29) is 0 Å². The topological polar surface area (TPSA) is 29.3 Å². The summed E-state index contributed by atoms with van der Waals surface area (Å²) in [6.45, 7) is 3.10. The van der Waals surface area contributed by atoms with E-state index in [1.165, 1.54) is 25.7 Å². The van der Waals surface area contributed by atoms with Crippen LogP contribution in [0.25, 0.3) is 0 Å². The Bertz CT molecular complexity index is 401. The fourth-order valence-corrected chi connectivity index (χ4v) is 2.97. The number of benzene rings is 1. The van der Waals surface area contributed by atoms with Crippen molar-refractivity contribution in [2.24, 2.45) is 0 Å². The third kappa shape index (κ3) is 2.63. The molecule has 0 unspecified atom stereocenters. The Kier molecular flexibility index (Phi) is 4.05. The first-order valence-electron chi connectivity index (χ1n) is 6.14. The Balaban J connectivity index is 2.32. The summed E-state index contributed by atoms with van der Waals surface area (Å²) >= 11 is 12.0. The second-order valence-corrected chi connectivity index (χ2v) is 5.36. The molecule has 1 aliphatic rings. The summed E-state index contributed by atoms with van der Waals surface area (Å²) in [6.07, 6.45) is 5.10. The Morgan fingerprint density at radius 1 is 1.24 bits per heavy atom. The van der Waals surface area contributed by atoms with Gasteiger partial charge in [-0.2, -0.15) is 0 Å². The molecule has 1 aromatic rings. The molecular weight excluding hydrogens is 255 g/mol. The fourth-order valence-electron chi connectivity index (χ4n) is 2.64. The summed E-state index contributed by atoms with van der Waals surface area (Å²) < 4.78 is 0. The largest absolute Gasteiger partial charge is 0.397 e. The highest BCUT2D eigenvalue weighted by atomic mass is 35.5. The molecule has 2 rings (SSSR count). The van der Waals surface area contributed by atoms with Crippen LogP contribution in [0.2, 0.25) is 10.0 Å². The molecule has 1 saturated carbocycles. The van der Waals surface area contributed by atoms with Gasteiger partial charge in [0.2, 0.25) is 0 Å². The van der Waals surface area contributed by atoms with E-state index >= 15 is 0 Å². The highest BCUT2D eigenvalue weighted by Crippen LogP contribution is 2.36. The summed E-state index contributed by atoms with van der Waals surface area (Å²) in [6, 6.07) is 4.23. The van der Waals surface area contributed by atoms with Crippen LogP contribution in [0.1, 0.15) is 32.6 Å². The predicted octanol–water partition coefficient (Wildman–Crippen LogP) is 4.34. The fraction of sp³-hybridized carbons (Fsp3) is 0.538. The number of nitrogens with two attached hydrogens (primary N) is 1. The maximum absolute atomic E-state index is 6.08. The van der Waals surface area contributed by atoms with Crippen molar-refractivity contribution in [1.82, 2.24) is 0 Å². The Labute approximate surface area is 113 Å². The molecule has 0 amide bonds. The lowest BCUT2D eigenvalue weighted by molar-refractivity contribution is 0.620. The molecule has 1 aromatic carbocycles. The van der Waals surface area contributed by atoms with Crippen LogP contribution in [0.5, 0.6) is 0 Å². The smallest absolute Gasteiger partial charge is 0.0618 e. The van der Waals surface area contributed by atoms with Crippen LogP contribution in [0.3, 0.4) is 0 Å². The summed E-state index contributed by atoms with van der Waals surface area (Å²) in [5, 5.41) is 1.10. The van der Waals surface area contributed by atoms with Gasteiger partial charge in [-0.05, 0) is 31.9 Å². The molecule has 2 N–H and O–H groups in total. The number of nitrogens with zero attached hydrogens (tertiary/aromatic N) is 1. The van der Waals surface area contributed by atoms with E-state index in [1.54, 1.807) is 6.07 Å². The van der Waals surface area contributed by atoms with Crippen molar-refractivity contribution in [2.75, 3.05) is 17.2 Å². The standard InChI is InChI=1S/C13H18Cl2N2/c1-2-17(9-5-3-4-6-9)13-8-11(15)10(14)7-12(13)16/h7-9H,2-6,16H2,1H3. The average molecular weight is 273 g/mol. The lowest BCUT2D eigenvalue weighted by Crippen LogP contribution is -2.33. The predicted molar refractivity (Wildman–Crippen MR) is 76.2 cm³/mol. The van der Waals surface area contributed by atoms with Crippen molar-refractivity contribution in [3.05, 3.63) is 22.2 Å². The van der Waals surface area contributed by atoms with Crippen molar-refractivity contribution in [3.8, 4) is 0 Å². The second kappa shape index (κ2) is 5.36. The van der Waals surface area contributed by atoms with Crippen LogP contribution < -0.4 is 10.6 Å². The van der Waals surface area contributed by atoms with Crippen LogP contribution in [0.4, 0.5) is 11.4 Å². The molecule has 0 atom stereocenters. The molecule has 94 valence electrons. The monoisotopic (exact) mass is 272 g/mol. The van der Waals surface area contributed by atoms with Crippen molar-refractivity contribution in [1.29, 1.82) is 0 Å². The van der Waals surface area contributed by atoms with Gasteiger partial charge in [-0.15, -0.1) is 0 Å². The van der Waals surface area contributed by atoms with E-state index in [1.807, 2.05) is 6.07 Å². The van der Waals surface area contributed by atoms with Gasteiger partial charge in [0.25, 0.3) is 0 Å². The van der Waals surface area contributed by atoms with Gasteiger partial charge in [0.1, 0.15) is 0 Å². The molecule has 4 heteroatoms. The third-order valence-corrected chi connectivity index (χ3v) is 4.21. The molecule has 0 aromatic heterocycles. The number of hydrogen-bond acceptors (Lipinski definition) is 2. The Hall–Kier alpha value is -0.600. The molecule has 2 nitrogen and oxygen atoms in total. The van der Waals surface area contributed by atoms with Crippen LogP contribution in [0.15, 0.2) is 12.1 Å². The summed E-state index contributed by atoms with van der Waals surface area (Å²) in [5.41, 5.74) is 7.79. The van der Waals surface area contributed by atoms with E-state index in [2.05, 4.69) is 11.8 Å². The first-order valence-corrected chi connectivity index (χ1v) is 6.90. The highest BCUT2D eigenvalue weighted by molar-refractivity contribution is 6.42. The molecular formula is C13H18Cl2N2. The molecule has 1 aliphatic carbocycles. The van der Waals surface area contributed by atoms with Crippen LogP contribution >= 0.6 is 23.2 Å². The Morgan fingerprint density at radius 3 is 2.41 bits per heavy atom. The Morgan fingerprint density at radius 2 is 1.82 bits per heavy atom. The van der Waals surface area contributed by atoms with Gasteiger partial charge in [-0.1, -0.05) is 36.0 Å². The molecule has 0 heterocycles. The van der Waals surface area contributed by atoms with Crippen molar-refractivity contribution >= 4 is 34.6 Å². The van der Waals surface area contributed by atoms with E-state index in [0.717, 1.165) is 12.2 Å². The zero-order valence-electron chi connectivity index (χ0n) is 10.0. The molecule has 0 radical (unpaired) electrons. The first-order chi connectivity index (χ1) is 8.13. The van der Waals surface area contributed by atoms with Crippen molar-refractivity contribution in [2.45, 2.75) is 38.6 Å². The molecule has 0 spiro atoms. The van der Waals surface area contributed by atoms with Gasteiger partial charge in [0.15, 0.2) is 0 Å². The van der Waals surface area contributed by atoms with E-state index in [9.17, 15) is 0 Å². The average Bonchev–Trinajstić information content (AvgIpc) is 2.80. The normalized spacial score (nSPS) is 16.4. The lowest BCUT2D eigenvalue weighted by atomic mass is 10.1. The van der Waals surface area contributed by atoms with E-state index in [4.69, 9.17) is 28.9 Å². The van der Waals surface area contributed by atoms with Crippen LogP contribution in [-0.2, 0) is 0 Å². The summed E-state index contributed by atoms with van der Waals surface area (Å²) in [5.74, 6) is 0. The minimum absolute atomic E-state index is 0.524. The van der Waals surface area contributed by atoms with Gasteiger partial charge in [0.05, 0.1) is 21.4 Å². The second-order valence-electron chi connectivity index (χ2n) is 4.55. The SMILES string of the molecule is CCN(c1cc(Cl)c(Cl)cc1N)C1CCCC1. The molecule has 0 bridgehead atoms. The van der Waals surface area contributed by atoms with Crippen LogP contribution in [0, 0.1) is 0 Å². The van der Waals surface area contributed by atoms with Crippen LogP contribution in [-0.4, -0.2) is 12.6 Å². The zero-order chi connectivity index (χ0) is 12.4. The van der Waals surface area contributed by atoms with E-state index < -0.39 is 0 Å². The molecule has 17 heavy (non-hydrogen) atoms. The van der Waals surface area contributed by atoms with Crippen molar-refractivity contribution in [3.63, 3.8) is 0 Å².